The van der Waals surface area contributed by atoms with Gasteiger partial charge in [0.05, 0.1) is 26.4 Å². The molecule has 0 amide bonds. The van der Waals surface area contributed by atoms with Crippen molar-refractivity contribution < 1.29 is 80.2 Å². The first-order chi connectivity index (χ1) is 46.4. The number of hydrogen-bond donors (Lipinski definition) is 3. The number of carbonyl (C=O) groups excluding carboxylic acids is 4. The quantitative estimate of drug-likeness (QED) is 0.0222. The van der Waals surface area contributed by atoms with E-state index in [0.29, 0.717) is 25.7 Å². The van der Waals surface area contributed by atoms with Gasteiger partial charge in [0.2, 0.25) is 0 Å². The maximum Gasteiger partial charge on any atom is 0.472 e. The van der Waals surface area contributed by atoms with Gasteiger partial charge in [0.1, 0.15) is 19.3 Å². The molecule has 0 spiro atoms. The third-order valence-corrected chi connectivity index (χ3v) is 20.6. The lowest BCUT2D eigenvalue weighted by Gasteiger charge is -2.21. The number of aliphatic hydroxyl groups is 1. The van der Waals surface area contributed by atoms with Crippen molar-refractivity contribution in [1.29, 1.82) is 0 Å². The zero-order valence-electron chi connectivity index (χ0n) is 62.7. The number of phosphoric acid groups is 2. The number of ether oxygens (including phenoxy) is 4. The molecule has 19 heteroatoms. The summed E-state index contributed by atoms with van der Waals surface area (Å²) in [5.41, 5.74) is 0. The molecule has 96 heavy (non-hydrogen) atoms. The molecular weight excluding hydrogens is 1260 g/mol. The number of hydrogen-bond acceptors (Lipinski definition) is 15. The first kappa shape index (κ1) is 94.1. The average molecular weight is 1410 g/mol. The van der Waals surface area contributed by atoms with E-state index in [1.807, 2.05) is 0 Å². The summed E-state index contributed by atoms with van der Waals surface area (Å²) in [7, 11) is -9.91. The molecule has 0 rings (SSSR count). The van der Waals surface area contributed by atoms with Crippen molar-refractivity contribution in [3.63, 3.8) is 0 Å². The SMILES string of the molecule is CCCCCCCCCCCCCCCCCCC(=O)OC[C@H](COP(=O)(O)OC[C@@H](O)COP(=O)(O)OC[C@@H](COC(=O)CCCCCCCCC(C)CC)OC(=O)CCCCCCCCCCCCCC)OC(=O)CCCCCCCCCCCCCCCCC(C)CC. The van der Waals surface area contributed by atoms with Gasteiger partial charge in [-0.2, -0.15) is 0 Å². The zero-order chi connectivity index (χ0) is 70.7. The predicted molar refractivity (Wildman–Crippen MR) is 391 cm³/mol. The summed E-state index contributed by atoms with van der Waals surface area (Å²) in [5.74, 6) is -0.536. The van der Waals surface area contributed by atoms with Crippen LogP contribution in [0.1, 0.15) is 401 Å². The van der Waals surface area contributed by atoms with Crippen LogP contribution in [0.4, 0.5) is 0 Å². The molecule has 0 saturated heterocycles. The minimum Gasteiger partial charge on any atom is -0.462 e. The van der Waals surface area contributed by atoms with Crippen molar-refractivity contribution in [1.82, 2.24) is 0 Å². The molecule has 4 unspecified atom stereocenters. The van der Waals surface area contributed by atoms with Gasteiger partial charge in [0.15, 0.2) is 12.2 Å². The molecule has 0 aliphatic heterocycles. The minimum absolute atomic E-state index is 0.107. The summed E-state index contributed by atoms with van der Waals surface area (Å²) < 4.78 is 68.6. The summed E-state index contributed by atoms with van der Waals surface area (Å²) in [5, 5.41) is 10.6. The van der Waals surface area contributed by atoms with Crippen LogP contribution in [-0.2, 0) is 65.4 Å². The molecule has 0 radical (unpaired) electrons. The van der Waals surface area contributed by atoms with Crippen LogP contribution in [0.3, 0.4) is 0 Å². The average Bonchev–Trinajstić information content (AvgIpc) is 1.37. The van der Waals surface area contributed by atoms with E-state index >= 15 is 0 Å². The Morgan fingerprint density at radius 2 is 0.500 bits per heavy atom. The van der Waals surface area contributed by atoms with E-state index in [2.05, 4.69) is 41.5 Å². The number of esters is 4. The molecule has 0 aliphatic rings. The molecule has 0 aliphatic carbocycles. The fourth-order valence-electron chi connectivity index (χ4n) is 11.8. The molecule has 0 bridgehead atoms. The van der Waals surface area contributed by atoms with Crippen LogP contribution in [0, 0.1) is 11.8 Å². The Labute approximate surface area is 588 Å². The maximum atomic E-state index is 13.1. The lowest BCUT2D eigenvalue weighted by molar-refractivity contribution is -0.161. The van der Waals surface area contributed by atoms with Crippen LogP contribution >= 0.6 is 15.6 Å². The van der Waals surface area contributed by atoms with Gasteiger partial charge in [-0.1, -0.05) is 350 Å². The number of phosphoric ester groups is 2. The predicted octanol–water partition coefficient (Wildman–Crippen LogP) is 22.7. The highest BCUT2D eigenvalue weighted by Gasteiger charge is 2.30. The monoisotopic (exact) mass is 1410 g/mol. The Balaban J connectivity index is 5.24. The number of aliphatic hydroxyl groups excluding tert-OH is 1. The summed E-state index contributed by atoms with van der Waals surface area (Å²) in [6, 6.07) is 0. The second-order valence-electron chi connectivity index (χ2n) is 28.2. The van der Waals surface area contributed by atoms with Crippen molar-refractivity contribution in [3.8, 4) is 0 Å². The first-order valence-corrected chi connectivity index (χ1v) is 43.1. The van der Waals surface area contributed by atoms with Gasteiger partial charge in [-0.05, 0) is 37.5 Å². The molecule has 3 N–H and O–H groups in total. The number of unbranched alkanes of at least 4 members (excludes halogenated alkanes) is 44. The highest BCUT2D eigenvalue weighted by molar-refractivity contribution is 7.47. The van der Waals surface area contributed by atoms with Gasteiger partial charge in [-0.25, -0.2) is 9.13 Å². The van der Waals surface area contributed by atoms with Gasteiger partial charge in [-0.3, -0.25) is 37.3 Å². The van der Waals surface area contributed by atoms with Gasteiger partial charge in [0.25, 0.3) is 0 Å². The van der Waals surface area contributed by atoms with Gasteiger partial charge in [0, 0.05) is 25.7 Å². The Kier molecular flexibility index (Phi) is 67.4. The number of rotatable bonds is 76. The van der Waals surface area contributed by atoms with E-state index in [1.165, 1.54) is 212 Å². The molecule has 0 fully saturated rings. The van der Waals surface area contributed by atoms with E-state index < -0.39 is 97.5 Å². The zero-order valence-corrected chi connectivity index (χ0v) is 64.5. The molecular formula is C77H150O17P2. The fourth-order valence-corrected chi connectivity index (χ4v) is 13.3. The standard InChI is InChI=1S/C77H150O17P2/c1-7-11-13-15-17-19-21-23-24-25-29-33-36-40-47-53-59-74(79)87-65-72(93-77(82)62-56-50-42-38-34-30-27-26-28-31-35-39-45-51-57-69(5)9-3)67-91-95(83,84)89-63-71(78)64-90-96(85,86)92-68-73(66-88-75(80)60-54-48-44-43-46-52-58-70(6)10-4)94-76(81)61-55-49-41-37-32-22-20-18-16-14-12-8-2/h69-73,78H,7-68H2,1-6H3,(H,83,84)(H,85,86)/t69?,70?,71-,72-,73-/m1/s1. The van der Waals surface area contributed by atoms with E-state index in [1.54, 1.807) is 0 Å². The molecule has 570 valence electrons. The van der Waals surface area contributed by atoms with E-state index in [9.17, 15) is 43.2 Å². The first-order valence-electron chi connectivity index (χ1n) is 40.1. The maximum absolute atomic E-state index is 13.1. The molecule has 0 aromatic heterocycles. The normalized spacial score (nSPS) is 14.6. The summed E-state index contributed by atoms with van der Waals surface area (Å²) in [6.45, 7) is 9.62. The van der Waals surface area contributed by atoms with Crippen molar-refractivity contribution in [2.45, 2.75) is 419 Å². The van der Waals surface area contributed by atoms with Crippen LogP contribution in [0.25, 0.3) is 0 Å². The van der Waals surface area contributed by atoms with E-state index in [-0.39, 0.29) is 25.7 Å². The van der Waals surface area contributed by atoms with Crippen LogP contribution in [0.2, 0.25) is 0 Å². The lowest BCUT2D eigenvalue weighted by atomic mass is 9.99. The Hall–Kier alpha value is -1.94. The van der Waals surface area contributed by atoms with Crippen molar-refractivity contribution in [3.05, 3.63) is 0 Å². The Morgan fingerprint density at radius 1 is 0.292 bits per heavy atom. The van der Waals surface area contributed by atoms with Crippen molar-refractivity contribution >= 4 is 39.5 Å². The highest BCUT2D eigenvalue weighted by atomic mass is 31.2. The van der Waals surface area contributed by atoms with Gasteiger partial charge >= 0.3 is 39.5 Å². The third kappa shape index (κ3) is 67.9. The summed E-state index contributed by atoms with van der Waals surface area (Å²) in [6.07, 6.45) is 56.7. The molecule has 7 atom stereocenters. The lowest BCUT2D eigenvalue weighted by Crippen LogP contribution is -2.30. The van der Waals surface area contributed by atoms with Crippen molar-refractivity contribution in [2.75, 3.05) is 39.6 Å². The van der Waals surface area contributed by atoms with Gasteiger partial charge < -0.3 is 33.8 Å². The third-order valence-electron chi connectivity index (χ3n) is 18.7. The molecule has 0 aromatic rings. The smallest absolute Gasteiger partial charge is 0.462 e. The fraction of sp³-hybridized carbons (Fsp3) is 0.948. The second kappa shape index (κ2) is 68.8. The topological polar surface area (TPSA) is 237 Å². The van der Waals surface area contributed by atoms with Crippen LogP contribution < -0.4 is 0 Å². The minimum atomic E-state index is -4.96. The van der Waals surface area contributed by atoms with Crippen molar-refractivity contribution in [2.24, 2.45) is 11.8 Å². The Bertz CT molecular complexity index is 1860. The second-order valence-corrected chi connectivity index (χ2v) is 31.1. The summed E-state index contributed by atoms with van der Waals surface area (Å²) >= 11 is 0. The van der Waals surface area contributed by atoms with Gasteiger partial charge in [-0.15, -0.1) is 0 Å². The van der Waals surface area contributed by atoms with Crippen LogP contribution in [0.15, 0.2) is 0 Å². The molecule has 0 heterocycles. The van der Waals surface area contributed by atoms with E-state index in [0.717, 1.165) is 108 Å². The highest BCUT2D eigenvalue weighted by Crippen LogP contribution is 2.45. The van der Waals surface area contributed by atoms with Crippen LogP contribution in [0.5, 0.6) is 0 Å². The number of carbonyl (C=O) groups is 4. The van der Waals surface area contributed by atoms with E-state index in [4.69, 9.17) is 37.0 Å². The summed E-state index contributed by atoms with van der Waals surface area (Å²) in [4.78, 5) is 72.8. The Morgan fingerprint density at radius 3 is 0.740 bits per heavy atom. The molecule has 0 saturated carbocycles. The molecule has 17 nitrogen and oxygen atoms in total. The molecule has 0 aromatic carbocycles. The largest absolute Gasteiger partial charge is 0.472 e. The van der Waals surface area contributed by atoms with Crippen LogP contribution in [-0.4, -0.2) is 96.7 Å².